The van der Waals surface area contributed by atoms with Crippen LogP contribution in [0.2, 0.25) is 5.02 Å². The van der Waals surface area contributed by atoms with E-state index in [9.17, 15) is 32.0 Å². The van der Waals surface area contributed by atoms with E-state index < -0.39 is 27.6 Å². The first-order valence-corrected chi connectivity index (χ1v) is 51.8. The molecule has 0 aliphatic carbocycles. The fourth-order valence-corrected chi connectivity index (χ4v) is 14.0. The topological polar surface area (TPSA) is 459 Å². The maximum absolute atomic E-state index is 13.7. The SMILES string of the molecule is CC(C)(C)OC(=O)NCC(N)C(=O)NCCSSCCC(=O)NCCOCCOCCOCCOCCOCCOCCOCCOCCOCCOCCOCCOCCOCCOCCOCCOCCOCCOCCOCCOCCOCCOCCOCCOCCC(=O)N(CCS(C)(=O)=O)Cc1ccc(-c2ccc3ncnc(Nc4ccc(OCc5cccc(F)c5)c(Cl)c4)c3c2)o1. The minimum absolute atomic E-state index is 0.0224. The molecule has 139 heavy (non-hydrogen) atoms. The summed E-state index contributed by atoms with van der Waals surface area (Å²) in [5, 5.41) is 12.4. The molecule has 5 aromatic rings. The average molecular weight is 2060 g/mol. The molecule has 0 fully saturated rings. The molecule has 2 aromatic heterocycles. The Hall–Kier alpha value is -6.57. The molecule has 3 aromatic carbocycles. The molecule has 0 radical (unpaired) electrons. The van der Waals surface area contributed by atoms with E-state index in [0.717, 1.165) is 11.8 Å². The van der Waals surface area contributed by atoms with Crippen LogP contribution in [0.15, 0.2) is 83.5 Å². The van der Waals surface area contributed by atoms with Crippen molar-refractivity contribution in [1.82, 2.24) is 30.8 Å². The Morgan fingerprint density at radius 3 is 1.28 bits per heavy atom. The lowest BCUT2D eigenvalue weighted by Crippen LogP contribution is -2.49. The van der Waals surface area contributed by atoms with Gasteiger partial charge in [-0.2, -0.15) is 0 Å². The van der Waals surface area contributed by atoms with Gasteiger partial charge in [0.1, 0.15) is 63.3 Å². The lowest BCUT2D eigenvalue weighted by molar-refractivity contribution is -0.133. The van der Waals surface area contributed by atoms with Crippen molar-refractivity contribution >= 4 is 89.2 Å². The molecule has 6 N–H and O–H groups in total. The molecule has 0 aliphatic heterocycles. The number of carbonyl (C=O) groups is 4. The van der Waals surface area contributed by atoms with Crippen LogP contribution in [0.1, 0.15) is 44.9 Å². The summed E-state index contributed by atoms with van der Waals surface area (Å²) in [6.45, 7) is 26.7. The number of halogens is 2. The zero-order valence-electron chi connectivity index (χ0n) is 81.2. The average Bonchev–Trinajstić information content (AvgIpc) is 1.77. The molecule has 1 atom stereocenters. The Labute approximate surface area is 829 Å². The summed E-state index contributed by atoms with van der Waals surface area (Å²) in [7, 11) is -0.299. The van der Waals surface area contributed by atoms with Crippen LogP contribution in [0, 0.1) is 5.82 Å². The van der Waals surface area contributed by atoms with E-state index in [1.807, 2.05) is 18.2 Å². The molecule has 0 spiro atoms. The standard InChI is InChI=1S/C93H150ClFN8O33S3/c1-93(2,3)136-92(107)99-73-84(96)91(106)98-17-68-138-137-67-15-88(104)97-16-20-111-22-24-113-26-28-115-30-32-117-34-36-119-38-40-121-42-44-123-46-48-125-50-52-127-54-56-129-58-60-131-62-64-133-66-65-132-63-61-130-59-57-128-55-53-126-51-49-124-47-45-122-43-41-120-39-37-118-35-33-116-31-29-114-27-25-112-23-21-110-19-14-89(105)103(18-69-139(4,108)109)74-81-10-13-86(135-81)78-8-11-85-82(71-78)90(101-76-100-85)102-80-9-12-87(83(94)72-80)134-75-77-6-5-7-79(95)70-77/h5-13,70-72,76,84H,14-69,73-75,96H2,1-4H3,(H,97,104)(H,98,106)(H,99,107)(H,100,101,102). The monoisotopic (exact) mass is 2060 g/mol. The minimum Gasteiger partial charge on any atom is -0.487 e. The van der Waals surface area contributed by atoms with E-state index in [2.05, 4.69) is 31.2 Å². The van der Waals surface area contributed by atoms with Crippen LogP contribution in [0.5, 0.6) is 5.75 Å². The van der Waals surface area contributed by atoms with E-state index in [-0.39, 0.29) is 75.2 Å². The first kappa shape index (κ1) is 123. The van der Waals surface area contributed by atoms with Gasteiger partial charge in [-0.25, -0.2) is 27.6 Å². The fraction of sp³-hybridized carbons (Fsp3) is 0.699. The van der Waals surface area contributed by atoms with Crippen LogP contribution in [-0.2, 0) is 156 Å². The van der Waals surface area contributed by atoms with Gasteiger partial charge in [-0.1, -0.05) is 45.3 Å². The summed E-state index contributed by atoms with van der Waals surface area (Å²) in [4.78, 5) is 59.7. The molecule has 5 rings (SSSR count). The van der Waals surface area contributed by atoms with Gasteiger partial charge in [-0.05, 0) is 87.0 Å². The van der Waals surface area contributed by atoms with Crippen molar-refractivity contribution in [2.24, 2.45) is 5.73 Å². The lowest BCUT2D eigenvalue weighted by atomic mass is 10.1. The quantitative estimate of drug-likeness (QED) is 0.0193. The molecular weight excluding hydrogens is 1910 g/mol. The third-order valence-corrected chi connectivity index (χ3v) is 21.9. The lowest BCUT2D eigenvalue weighted by Gasteiger charge is -2.21. The van der Waals surface area contributed by atoms with E-state index in [4.69, 9.17) is 145 Å². The molecule has 1 unspecified atom stereocenters. The number of fused-ring (bicyclic) bond motifs is 1. The van der Waals surface area contributed by atoms with E-state index in [0.29, 0.717) is 385 Å². The first-order valence-electron chi connectivity index (χ1n) is 46.9. The summed E-state index contributed by atoms with van der Waals surface area (Å²) in [5.74, 6) is 1.89. The Bertz CT molecular complexity index is 4020. The molecule has 46 heteroatoms. The Morgan fingerprint density at radius 1 is 0.468 bits per heavy atom. The van der Waals surface area contributed by atoms with Gasteiger partial charge in [0.25, 0.3) is 0 Å². The van der Waals surface area contributed by atoms with Gasteiger partial charge >= 0.3 is 6.09 Å². The van der Waals surface area contributed by atoms with Crippen LogP contribution in [0.4, 0.5) is 20.7 Å². The third kappa shape index (κ3) is 69.9. The van der Waals surface area contributed by atoms with Gasteiger partial charge in [-0.15, -0.1) is 0 Å². The highest BCUT2D eigenvalue weighted by Gasteiger charge is 2.22. The Balaban J connectivity index is 0.640. The number of nitrogens with one attached hydrogen (secondary N) is 4. The maximum Gasteiger partial charge on any atom is 0.407 e. The molecule has 0 bridgehead atoms. The van der Waals surface area contributed by atoms with Crippen LogP contribution in [0.3, 0.4) is 0 Å². The van der Waals surface area contributed by atoms with Crippen molar-refractivity contribution < 1.29 is 160 Å². The van der Waals surface area contributed by atoms with Crippen LogP contribution in [0.25, 0.3) is 22.2 Å². The predicted octanol–water partition coefficient (Wildman–Crippen LogP) is 7.02. The Kier molecular flexibility index (Phi) is 74.0. The summed E-state index contributed by atoms with van der Waals surface area (Å²) in [5.41, 5.74) is 7.89. The second-order valence-corrected chi connectivity index (χ2v) is 36.2. The van der Waals surface area contributed by atoms with Crippen LogP contribution >= 0.6 is 33.2 Å². The number of hydrogen-bond donors (Lipinski definition) is 5. The molecule has 4 amide bonds. The zero-order chi connectivity index (χ0) is 99.5. The number of hydrogen-bond acceptors (Lipinski definition) is 39. The number of nitrogens with two attached hydrogens (primary N) is 1. The smallest absolute Gasteiger partial charge is 0.407 e. The highest BCUT2D eigenvalue weighted by Crippen LogP contribution is 2.34. The third-order valence-electron chi connectivity index (χ3n) is 18.3. The summed E-state index contributed by atoms with van der Waals surface area (Å²) >= 11 is 6.58. The number of aromatic nitrogens is 2. The van der Waals surface area contributed by atoms with E-state index >= 15 is 0 Å². The fourth-order valence-electron chi connectivity index (χ4n) is 11.3. The number of benzene rings is 3. The van der Waals surface area contributed by atoms with Crippen molar-refractivity contribution in [3.8, 4) is 17.1 Å². The largest absolute Gasteiger partial charge is 0.487 e. The van der Waals surface area contributed by atoms with Gasteiger partial charge in [0, 0.05) is 67.0 Å². The van der Waals surface area contributed by atoms with Gasteiger partial charge in [-0.3, -0.25) is 14.4 Å². The molecule has 792 valence electrons. The number of nitrogens with zero attached hydrogens (tertiary/aromatic N) is 3. The molecule has 0 saturated carbocycles. The van der Waals surface area contributed by atoms with Gasteiger partial charge in [0.05, 0.1) is 346 Å². The first-order chi connectivity index (χ1) is 67.8. The highest BCUT2D eigenvalue weighted by molar-refractivity contribution is 8.76. The molecular formula is C93H150ClFN8O33S3. The van der Waals surface area contributed by atoms with Crippen LogP contribution < -0.4 is 31.7 Å². The van der Waals surface area contributed by atoms with Crippen LogP contribution in [-0.4, -0.2) is 426 Å². The molecule has 0 saturated heterocycles. The molecule has 0 aliphatic rings. The second-order valence-electron chi connectivity index (χ2n) is 30.8. The summed E-state index contributed by atoms with van der Waals surface area (Å²) in [6.07, 6.45) is 2.33. The molecule has 41 nitrogen and oxygen atoms in total. The van der Waals surface area contributed by atoms with Crippen molar-refractivity contribution in [2.75, 3.05) is 372 Å². The normalized spacial score (nSPS) is 12.0. The Morgan fingerprint density at radius 2 is 0.878 bits per heavy atom. The number of furan rings is 1. The minimum atomic E-state index is -3.38. The van der Waals surface area contributed by atoms with Gasteiger partial charge in [0.15, 0.2) is 0 Å². The number of carbonyl (C=O) groups excluding carboxylic acids is 4. The van der Waals surface area contributed by atoms with E-state index in [1.54, 1.807) is 84.8 Å². The molecule has 2 heterocycles. The number of ether oxygens (including phenoxy) is 26. The number of amides is 4. The van der Waals surface area contributed by atoms with Crippen molar-refractivity contribution in [1.29, 1.82) is 0 Å². The number of anilines is 2. The van der Waals surface area contributed by atoms with E-state index in [1.165, 1.54) is 23.4 Å². The van der Waals surface area contributed by atoms with Crippen molar-refractivity contribution in [2.45, 2.75) is 58.4 Å². The predicted molar refractivity (Wildman–Crippen MR) is 520 cm³/mol. The summed E-state index contributed by atoms with van der Waals surface area (Å²) in [6, 6.07) is 19.6. The highest BCUT2D eigenvalue weighted by atomic mass is 35.5. The van der Waals surface area contributed by atoms with Gasteiger partial charge in [0.2, 0.25) is 17.7 Å². The number of rotatable bonds is 96. The van der Waals surface area contributed by atoms with Crippen molar-refractivity contribution in [3.05, 3.63) is 101 Å². The van der Waals surface area contributed by atoms with Gasteiger partial charge < -0.3 is 159 Å². The number of sulfone groups is 1. The maximum atomic E-state index is 13.7. The van der Waals surface area contributed by atoms with Crippen molar-refractivity contribution in [3.63, 3.8) is 0 Å². The number of alkyl carbamates (subject to hydrolysis) is 1. The zero-order valence-corrected chi connectivity index (χ0v) is 84.4. The summed E-state index contributed by atoms with van der Waals surface area (Å²) < 4.78 is 189. The second kappa shape index (κ2) is 83.7.